The second-order valence-electron chi connectivity index (χ2n) is 7.62. The Hall–Kier alpha value is -3.72. The van der Waals surface area contributed by atoms with E-state index in [2.05, 4.69) is 4.72 Å². The molecule has 0 aliphatic heterocycles. The Morgan fingerprint density at radius 1 is 1.09 bits per heavy atom. The first-order chi connectivity index (χ1) is 15.7. The average molecular weight is 468 g/mol. The zero-order valence-corrected chi connectivity index (χ0v) is 19.4. The first kappa shape index (κ1) is 22.5. The van der Waals surface area contributed by atoms with Gasteiger partial charge in [-0.3, -0.25) is 9.52 Å². The number of anilines is 1. The fraction of sp³-hybridized carbons (Fsp3) is 0.208. The third kappa shape index (κ3) is 4.19. The molecule has 9 heteroatoms. The third-order valence-corrected chi connectivity index (χ3v) is 5.92. The normalized spacial score (nSPS) is 11.6. The number of carbonyl (C=O) groups excluding carboxylic acids is 1. The summed E-state index contributed by atoms with van der Waals surface area (Å²) in [4.78, 5) is 12.4. The Morgan fingerprint density at radius 3 is 2.42 bits per heavy atom. The van der Waals surface area contributed by atoms with E-state index >= 15 is 0 Å². The lowest BCUT2D eigenvalue weighted by molar-refractivity contribution is 0.100. The number of sulfonamides is 1. The summed E-state index contributed by atoms with van der Waals surface area (Å²) in [6.07, 6.45) is 1.07. The highest BCUT2D eigenvalue weighted by atomic mass is 32.2. The van der Waals surface area contributed by atoms with Gasteiger partial charge in [-0.05, 0) is 24.6 Å². The van der Waals surface area contributed by atoms with Gasteiger partial charge in [-0.25, -0.2) is 8.42 Å². The van der Waals surface area contributed by atoms with Crippen LogP contribution in [0.2, 0.25) is 0 Å². The van der Waals surface area contributed by atoms with Crippen molar-refractivity contribution < 1.29 is 22.7 Å². The van der Waals surface area contributed by atoms with Gasteiger partial charge in [0.15, 0.2) is 11.5 Å². The molecule has 0 saturated heterocycles. The van der Waals surface area contributed by atoms with Crippen molar-refractivity contribution in [2.75, 3.05) is 24.7 Å². The molecule has 33 heavy (non-hydrogen) atoms. The fourth-order valence-electron chi connectivity index (χ4n) is 4.14. The Balaban J connectivity index is 2.23. The minimum Gasteiger partial charge on any atom is -0.493 e. The van der Waals surface area contributed by atoms with Crippen LogP contribution in [0.5, 0.6) is 11.5 Å². The van der Waals surface area contributed by atoms with Gasteiger partial charge in [0.2, 0.25) is 15.9 Å². The number of nitrogens with two attached hydrogens (primary N) is 1. The van der Waals surface area contributed by atoms with E-state index in [1.807, 2.05) is 47.9 Å². The lowest BCUT2D eigenvalue weighted by atomic mass is 10.0. The van der Waals surface area contributed by atoms with Crippen LogP contribution in [0, 0.1) is 0 Å². The van der Waals surface area contributed by atoms with Crippen molar-refractivity contribution in [2.45, 2.75) is 13.5 Å². The zero-order valence-electron chi connectivity index (χ0n) is 18.6. The van der Waals surface area contributed by atoms with Crippen LogP contribution < -0.4 is 19.9 Å². The number of rotatable bonds is 8. The average Bonchev–Trinajstić information content (AvgIpc) is 3.09. The lowest BCUT2D eigenvalue weighted by Crippen LogP contribution is -2.12. The molecule has 8 nitrogen and oxygen atoms in total. The molecule has 0 saturated carbocycles. The van der Waals surface area contributed by atoms with Crippen LogP contribution in [0.15, 0.2) is 54.6 Å². The van der Waals surface area contributed by atoms with Crippen molar-refractivity contribution in [3.05, 3.63) is 65.7 Å². The molecule has 4 rings (SSSR count). The van der Waals surface area contributed by atoms with Gasteiger partial charge in [0.05, 0.1) is 36.7 Å². The second-order valence-corrected chi connectivity index (χ2v) is 9.37. The van der Waals surface area contributed by atoms with Crippen LogP contribution in [0.1, 0.15) is 22.8 Å². The van der Waals surface area contributed by atoms with Crippen LogP contribution >= 0.6 is 0 Å². The number of nitrogens with zero attached hydrogens (tertiary/aromatic N) is 1. The highest BCUT2D eigenvalue weighted by molar-refractivity contribution is 7.92. The molecule has 172 valence electrons. The number of methoxy groups -OCH3 is 1. The topological polar surface area (TPSA) is 113 Å². The maximum absolute atomic E-state index is 12.4. The summed E-state index contributed by atoms with van der Waals surface area (Å²) in [5.74, 6) is 0.211. The second kappa shape index (κ2) is 8.67. The highest BCUT2D eigenvalue weighted by Gasteiger charge is 2.26. The molecule has 0 radical (unpaired) electrons. The van der Waals surface area contributed by atoms with Crippen LogP contribution in [0.25, 0.3) is 21.8 Å². The number of ether oxygens (including phenoxy) is 2. The Morgan fingerprint density at radius 2 is 1.82 bits per heavy atom. The molecule has 0 atom stereocenters. The third-order valence-electron chi connectivity index (χ3n) is 5.33. The number of hydrogen-bond donors (Lipinski definition) is 2. The minimum atomic E-state index is -3.64. The number of primary amides is 1. The number of amides is 1. The smallest absolute Gasteiger partial charge is 0.249 e. The van der Waals surface area contributed by atoms with Gasteiger partial charge in [-0.1, -0.05) is 36.4 Å². The van der Waals surface area contributed by atoms with E-state index in [0.29, 0.717) is 40.9 Å². The molecule has 1 aromatic heterocycles. The Bertz CT molecular complexity index is 1460. The summed E-state index contributed by atoms with van der Waals surface area (Å²) in [6.45, 7) is 2.67. The first-order valence-electron chi connectivity index (χ1n) is 10.3. The molecule has 3 aromatic carbocycles. The number of hydrogen-bond acceptors (Lipinski definition) is 5. The van der Waals surface area contributed by atoms with Gasteiger partial charge in [0.25, 0.3) is 0 Å². The van der Waals surface area contributed by atoms with Crippen molar-refractivity contribution in [2.24, 2.45) is 5.73 Å². The maximum Gasteiger partial charge on any atom is 0.249 e. The molecular weight excluding hydrogens is 442 g/mol. The summed E-state index contributed by atoms with van der Waals surface area (Å²) in [5, 5.41) is 1.07. The first-order valence-corrected chi connectivity index (χ1v) is 12.2. The van der Waals surface area contributed by atoms with E-state index in [1.54, 1.807) is 18.2 Å². The predicted molar refractivity (Wildman–Crippen MR) is 130 cm³/mol. The van der Waals surface area contributed by atoms with Crippen molar-refractivity contribution in [1.29, 1.82) is 0 Å². The molecule has 0 bridgehead atoms. The van der Waals surface area contributed by atoms with Crippen LogP contribution in [-0.4, -0.2) is 38.9 Å². The predicted octanol–water partition coefficient (Wildman–Crippen LogP) is 3.72. The Labute approximate surface area is 191 Å². The van der Waals surface area contributed by atoms with Gasteiger partial charge < -0.3 is 19.8 Å². The van der Waals surface area contributed by atoms with Gasteiger partial charge in [0, 0.05) is 28.9 Å². The van der Waals surface area contributed by atoms with Gasteiger partial charge in [-0.2, -0.15) is 0 Å². The summed E-state index contributed by atoms with van der Waals surface area (Å²) in [7, 11) is -2.15. The number of fused-ring (bicyclic) bond motifs is 3. The lowest BCUT2D eigenvalue weighted by Gasteiger charge is -2.17. The summed E-state index contributed by atoms with van der Waals surface area (Å²) < 4.78 is 40.6. The molecule has 0 fully saturated rings. The summed E-state index contributed by atoms with van der Waals surface area (Å²) >= 11 is 0. The standard InChI is InChI=1S/C24H25N3O5S/c1-4-32-23-19(31-2)13-17(26-33(3,29)30)21-20-16(24(25)28)11-8-12-18(20)27(22(21)23)14-15-9-6-5-7-10-15/h5-13,26H,4,14H2,1-3H3,(H2,25,28). The maximum atomic E-state index is 12.4. The van der Waals surface area contributed by atoms with E-state index in [0.717, 1.165) is 17.3 Å². The van der Waals surface area contributed by atoms with E-state index < -0.39 is 15.9 Å². The molecule has 0 aliphatic carbocycles. The highest BCUT2D eigenvalue weighted by Crippen LogP contribution is 2.46. The molecule has 3 N–H and O–H groups in total. The summed E-state index contributed by atoms with van der Waals surface area (Å²) in [6, 6.07) is 16.6. The largest absolute Gasteiger partial charge is 0.493 e. The van der Waals surface area contributed by atoms with E-state index in [9.17, 15) is 13.2 Å². The van der Waals surface area contributed by atoms with Crippen molar-refractivity contribution in [1.82, 2.24) is 4.57 Å². The Kier molecular flexibility index (Phi) is 5.90. The molecule has 0 aliphatic rings. The molecule has 0 unspecified atom stereocenters. The van der Waals surface area contributed by atoms with Gasteiger partial charge >= 0.3 is 0 Å². The number of benzene rings is 3. The van der Waals surface area contributed by atoms with Gasteiger partial charge in [0.1, 0.15) is 0 Å². The molecule has 1 amide bonds. The van der Waals surface area contributed by atoms with Crippen LogP contribution in [0.4, 0.5) is 5.69 Å². The number of nitrogens with one attached hydrogen (secondary N) is 1. The molecule has 4 aromatic rings. The van der Waals surface area contributed by atoms with Crippen molar-refractivity contribution in [3.8, 4) is 11.5 Å². The van der Waals surface area contributed by atoms with Crippen molar-refractivity contribution >= 4 is 43.4 Å². The van der Waals surface area contributed by atoms with Crippen LogP contribution in [-0.2, 0) is 16.6 Å². The van der Waals surface area contributed by atoms with E-state index in [-0.39, 0.29) is 11.3 Å². The monoisotopic (exact) mass is 467 g/mol. The molecule has 0 spiro atoms. The SMILES string of the molecule is CCOc1c(OC)cc(NS(C)(=O)=O)c2c3c(C(N)=O)cccc3n(Cc3ccccc3)c12. The quantitative estimate of drug-likeness (QED) is 0.410. The number of aromatic nitrogens is 1. The minimum absolute atomic E-state index is 0.276. The van der Waals surface area contributed by atoms with Gasteiger partial charge in [-0.15, -0.1) is 0 Å². The fourth-order valence-corrected chi connectivity index (χ4v) is 4.70. The van der Waals surface area contributed by atoms with Crippen molar-refractivity contribution in [3.63, 3.8) is 0 Å². The van der Waals surface area contributed by atoms with E-state index in [4.69, 9.17) is 15.2 Å². The zero-order chi connectivity index (χ0) is 23.8. The molecule has 1 heterocycles. The summed E-state index contributed by atoms with van der Waals surface area (Å²) in [5.41, 5.74) is 8.62. The van der Waals surface area contributed by atoms with Crippen LogP contribution in [0.3, 0.4) is 0 Å². The van der Waals surface area contributed by atoms with E-state index in [1.165, 1.54) is 7.11 Å². The number of carbonyl (C=O) groups is 1. The molecular formula is C24H25N3O5S.